The summed E-state index contributed by atoms with van der Waals surface area (Å²) in [7, 11) is 1.68. The molecule has 1 aliphatic rings. The van der Waals surface area contributed by atoms with Crippen molar-refractivity contribution in [2.45, 2.75) is 19.3 Å². The molecule has 0 aliphatic carbocycles. The molecule has 2 aromatic rings. The molecule has 2 N–H and O–H groups in total. The quantitative estimate of drug-likeness (QED) is 0.788. The van der Waals surface area contributed by atoms with Crippen LogP contribution in [0.15, 0.2) is 36.7 Å². The van der Waals surface area contributed by atoms with Crippen LogP contribution in [-0.2, 0) is 11.2 Å². The first-order chi connectivity index (χ1) is 12.7. The van der Waals surface area contributed by atoms with Crippen LogP contribution in [0.25, 0.3) is 0 Å². The second kappa shape index (κ2) is 8.51. The average Bonchev–Trinajstić information content (AvgIpc) is 2.68. The maximum absolute atomic E-state index is 11.1. The van der Waals surface area contributed by atoms with E-state index < -0.39 is 5.97 Å². The van der Waals surface area contributed by atoms with E-state index in [-0.39, 0.29) is 5.92 Å². The number of ether oxygens (including phenoxy) is 1. The van der Waals surface area contributed by atoms with E-state index in [0.717, 1.165) is 35.9 Å². The van der Waals surface area contributed by atoms with Gasteiger partial charge < -0.3 is 20.1 Å². The summed E-state index contributed by atoms with van der Waals surface area (Å²) < 4.78 is 5.37. The Bertz CT molecular complexity index is 745. The largest absolute Gasteiger partial charge is 0.496 e. The fraction of sp³-hybridized carbons (Fsp3) is 0.421. The summed E-state index contributed by atoms with van der Waals surface area (Å²) in [5, 5.41) is 12.4. The van der Waals surface area contributed by atoms with Crippen LogP contribution in [0.2, 0.25) is 0 Å². The lowest BCUT2D eigenvalue weighted by Gasteiger charge is -2.31. The van der Waals surface area contributed by atoms with Crippen LogP contribution in [0.5, 0.6) is 5.75 Å². The van der Waals surface area contributed by atoms with Gasteiger partial charge in [-0.05, 0) is 30.9 Å². The summed E-state index contributed by atoms with van der Waals surface area (Å²) in [5.74, 6) is 1.55. The van der Waals surface area contributed by atoms with Gasteiger partial charge in [-0.25, -0.2) is 9.97 Å². The van der Waals surface area contributed by atoms with Gasteiger partial charge in [0, 0.05) is 25.7 Å². The first-order valence-corrected chi connectivity index (χ1v) is 8.83. The Hall–Kier alpha value is -2.83. The zero-order valence-electron chi connectivity index (χ0n) is 14.9. The lowest BCUT2D eigenvalue weighted by molar-refractivity contribution is -0.142. The molecule has 1 saturated heterocycles. The molecular formula is C19H24N4O3. The van der Waals surface area contributed by atoms with E-state index in [9.17, 15) is 4.79 Å². The Kier molecular flexibility index (Phi) is 5.88. The molecule has 7 heteroatoms. The van der Waals surface area contributed by atoms with Crippen LogP contribution >= 0.6 is 0 Å². The number of nitrogens with one attached hydrogen (secondary N) is 1. The summed E-state index contributed by atoms with van der Waals surface area (Å²) in [4.78, 5) is 21.8. The number of piperidine rings is 1. The average molecular weight is 356 g/mol. The van der Waals surface area contributed by atoms with Crippen molar-refractivity contribution in [3.63, 3.8) is 0 Å². The van der Waals surface area contributed by atoms with Crippen LogP contribution in [0.1, 0.15) is 18.4 Å². The highest BCUT2D eigenvalue weighted by atomic mass is 16.5. The zero-order valence-corrected chi connectivity index (χ0v) is 14.9. The first-order valence-electron chi connectivity index (χ1n) is 8.83. The Morgan fingerprint density at radius 2 is 2.08 bits per heavy atom. The molecule has 3 rings (SSSR count). The molecule has 2 heterocycles. The van der Waals surface area contributed by atoms with Gasteiger partial charge in [-0.2, -0.15) is 0 Å². The molecule has 0 atom stereocenters. The predicted molar refractivity (Wildman–Crippen MR) is 99.8 cm³/mol. The van der Waals surface area contributed by atoms with Crippen molar-refractivity contribution in [3.8, 4) is 5.75 Å². The molecule has 138 valence electrons. The van der Waals surface area contributed by atoms with Gasteiger partial charge in [0.25, 0.3) is 0 Å². The highest BCUT2D eigenvalue weighted by Gasteiger charge is 2.25. The molecule has 1 aromatic carbocycles. The van der Waals surface area contributed by atoms with Gasteiger partial charge in [-0.3, -0.25) is 4.79 Å². The molecule has 26 heavy (non-hydrogen) atoms. The van der Waals surface area contributed by atoms with Crippen LogP contribution in [-0.4, -0.2) is 47.8 Å². The maximum atomic E-state index is 11.1. The van der Waals surface area contributed by atoms with Crippen molar-refractivity contribution >= 4 is 17.6 Å². The number of benzene rings is 1. The van der Waals surface area contributed by atoms with Crippen molar-refractivity contribution in [3.05, 3.63) is 42.2 Å². The molecule has 7 nitrogen and oxygen atoms in total. The third kappa shape index (κ3) is 4.41. The first kappa shape index (κ1) is 18.0. The number of para-hydroxylation sites is 1. The number of hydrogen-bond acceptors (Lipinski definition) is 6. The maximum Gasteiger partial charge on any atom is 0.306 e. The minimum atomic E-state index is -0.703. The third-order valence-electron chi connectivity index (χ3n) is 4.71. The van der Waals surface area contributed by atoms with E-state index >= 15 is 0 Å². The van der Waals surface area contributed by atoms with Gasteiger partial charge in [0.05, 0.1) is 13.0 Å². The summed E-state index contributed by atoms with van der Waals surface area (Å²) in [6.45, 7) is 2.14. The number of carboxylic acids is 1. The highest BCUT2D eigenvalue weighted by molar-refractivity contribution is 5.70. The second-order valence-electron chi connectivity index (χ2n) is 6.35. The molecule has 0 radical (unpaired) electrons. The smallest absolute Gasteiger partial charge is 0.306 e. The Morgan fingerprint density at radius 1 is 1.31 bits per heavy atom. The van der Waals surface area contributed by atoms with E-state index in [1.165, 1.54) is 0 Å². The van der Waals surface area contributed by atoms with Gasteiger partial charge in [0.2, 0.25) is 0 Å². The number of anilines is 2. The zero-order chi connectivity index (χ0) is 18.4. The van der Waals surface area contributed by atoms with Crippen molar-refractivity contribution < 1.29 is 14.6 Å². The summed E-state index contributed by atoms with van der Waals surface area (Å²) in [6, 6.07) is 9.89. The molecular weight excluding hydrogens is 332 g/mol. The number of methoxy groups -OCH3 is 1. The molecule has 0 unspecified atom stereocenters. The second-order valence-corrected chi connectivity index (χ2v) is 6.35. The van der Waals surface area contributed by atoms with Crippen LogP contribution in [0.4, 0.5) is 11.6 Å². The fourth-order valence-electron chi connectivity index (χ4n) is 3.21. The predicted octanol–water partition coefficient (Wildman–Crippen LogP) is 2.44. The van der Waals surface area contributed by atoms with Gasteiger partial charge in [-0.15, -0.1) is 0 Å². The minimum Gasteiger partial charge on any atom is -0.496 e. The van der Waals surface area contributed by atoms with Gasteiger partial charge in [0.15, 0.2) is 0 Å². The van der Waals surface area contributed by atoms with Gasteiger partial charge in [-0.1, -0.05) is 18.2 Å². The van der Waals surface area contributed by atoms with Crippen LogP contribution in [0, 0.1) is 5.92 Å². The summed E-state index contributed by atoms with van der Waals surface area (Å²) in [6.07, 6.45) is 3.67. The topological polar surface area (TPSA) is 87.6 Å². The van der Waals surface area contributed by atoms with Crippen molar-refractivity contribution in [2.75, 3.05) is 37.0 Å². The van der Waals surface area contributed by atoms with Crippen LogP contribution in [0.3, 0.4) is 0 Å². The molecule has 0 bridgehead atoms. The number of aliphatic carboxylic acids is 1. The number of carbonyl (C=O) groups is 1. The van der Waals surface area contributed by atoms with Crippen molar-refractivity contribution in [1.82, 2.24) is 9.97 Å². The number of hydrogen-bond donors (Lipinski definition) is 2. The number of nitrogens with zero attached hydrogens (tertiary/aromatic N) is 3. The lowest BCUT2D eigenvalue weighted by Crippen LogP contribution is -2.36. The van der Waals surface area contributed by atoms with Crippen molar-refractivity contribution in [2.24, 2.45) is 5.92 Å². The van der Waals surface area contributed by atoms with Crippen LogP contribution < -0.4 is 15.0 Å². The Labute approximate surface area is 153 Å². The van der Waals surface area contributed by atoms with Gasteiger partial charge in [0.1, 0.15) is 23.7 Å². The molecule has 0 amide bonds. The molecule has 0 saturated carbocycles. The van der Waals surface area contributed by atoms with E-state index in [1.54, 1.807) is 13.4 Å². The van der Waals surface area contributed by atoms with E-state index in [2.05, 4.69) is 26.3 Å². The minimum absolute atomic E-state index is 0.244. The SMILES string of the molecule is COc1ccccc1CCNc1cc(N2CCC(C(=O)O)CC2)ncn1. The normalized spacial score (nSPS) is 14.9. The molecule has 1 fully saturated rings. The number of carboxylic acid groups (broad SMARTS) is 1. The molecule has 0 spiro atoms. The highest BCUT2D eigenvalue weighted by Crippen LogP contribution is 2.23. The monoisotopic (exact) mass is 356 g/mol. The number of aromatic nitrogens is 2. The summed E-state index contributed by atoms with van der Waals surface area (Å²) in [5.41, 5.74) is 1.15. The lowest BCUT2D eigenvalue weighted by atomic mass is 9.97. The van der Waals surface area contributed by atoms with Crippen molar-refractivity contribution in [1.29, 1.82) is 0 Å². The molecule has 1 aromatic heterocycles. The third-order valence-corrected chi connectivity index (χ3v) is 4.71. The van der Waals surface area contributed by atoms with E-state index in [1.807, 2.05) is 24.3 Å². The van der Waals surface area contributed by atoms with Gasteiger partial charge >= 0.3 is 5.97 Å². The van der Waals surface area contributed by atoms with E-state index in [4.69, 9.17) is 9.84 Å². The number of rotatable bonds is 7. The molecule has 1 aliphatic heterocycles. The summed E-state index contributed by atoms with van der Waals surface area (Å²) >= 11 is 0. The Morgan fingerprint density at radius 3 is 2.81 bits per heavy atom. The standard InChI is InChI=1S/C19H24N4O3/c1-26-16-5-3-2-4-14(16)6-9-20-17-12-18(22-13-21-17)23-10-7-15(8-11-23)19(24)25/h2-5,12-13,15H,6-11H2,1H3,(H,24,25)(H,20,21,22). The fourth-order valence-corrected chi connectivity index (χ4v) is 3.21. The van der Waals surface area contributed by atoms with E-state index in [0.29, 0.717) is 25.9 Å². The Balaban J connectivity index is 1.55.